The summed E-state index contributed by atoms with van der Waals surface area (Å²) in [6.45, 7) is 1.85. The number of carbonyl (C=O) groups excluding carboxylic acids is 1. The Morgan fingerprint density at radius 2 is 1.69 bits per heavy atom. The number of benzene rings is 2. The van der Waals surface area contributed by atoms with E-state index in [0.29, 0.717) is 23.9 Å². The van der Waals surface area contributed by atoms with Gasteiger partial charge in [-0.1, -0.05) is 48.3 Å². The molecule has 1 amide bonds. The maximum atomic E-state index is 13.0. The van der Waals surface area contributed by atoms with E-state index in [1.807, 2.05) is 73.6 Å². The Hall–Kier alpha value is -3.35. The van der Waals surface area contributed by atoms with E-state index in [0.717, 1.165) is 37.2 Å². The minimum atomic E-state index is -0.411. The molecule has 1 fully saturated rings. The van der Waals surface area contributed by atoms with Crippen molar-refractivity contribution in [1.29, 1.82) is 0 Å². The molecule has 2 aromatic carbocycles. The van der Waals surface area contributed by atoms with Crippen molar-refractivity contribution in [2.24, 2.45) is 0 Å². The predicted octanol–water partition coefficient (Wildman–Crippen LogP) is 4.23. The molecule has 4 rings (SSSR count). The Labute approximate surface area is 189 Å². The molecular weight excluding hydrogens is 402 g/mol. The first-order valence-electron chi connectivity index (χ1n) is 11.3. The fourth-order valence-corrected chi connectivity index (χ4v) is 3.96. The van der Waals surface area contributed by atoms with Gasteiger partial charge in [0.25, 0.3) is 5.91 Å². The van der Waals surface area contributed by atoms with E-state index < -0.39 is 6.04 Å². The van der Waals surface area contributed by atoms with Crippen LogP contribution in [0.3, 0.4) is 0 Å². The molecule has 7 heteroatoms. The topological polar surface area (TPSA) is 74.5 Å². The molecule has 7 nitrogen and oxygen atoms in total. The molecule has 0 radical (unpaired) electrons. The van der Waals surface area contributed by atoms with Gasteiger partial charge in [-0.15, -0.1) is 5.10 Å². The van der Waals surface area contributed by atoms with Crippen LogP contribution in [0, 0.1) is 0 Å². The molecule has 1 N–H and O–H groups in total. The van der Waals surface area contributed by atoms with Crippen LogP contribution in [-0.4, -0.2) is 43.3 Å². The van der Waals surface area contributed by atoms with Crippen molar-refractivity contribution in [2.75, 3.05) is 37.0 Å². The highest BCUT2D eigenvalue weighted by atomic mass is 16.4. The lowest BCUT2D eigenvalue weighted by Gasteiger charge is -2.18. The first kappa shape index (κ1) is 21.9. The molecule has 1 aliphatic rings. The van der Waals surface area contributed by atoms with Crippen molar-refractivity contribution in [2.45, 2.75) is 38.1 Å². The van der Waals surface area contributed by atoms with Crippen LogP contribution in [0.1, 0.15) is 53.5 Å². The van der Waals surface area contributed by atoms with Gasteiger partial charge in [-0.2, -0.15) is 0 Å². The summed E-state index contributed by atoms with van der Waals surface area (Å²) in [5, 5.41) is 11.7. The maximum Gasteiger partial charge on any atom is 0.318 e. The number of amides is 1. The summed E-state index contributed by atoms with van der Waals surface area (Å²) in [5.41, 5.74) is 2.73. The summed E-state index contributed by atoms with van der Waals surface area (Å²) in [7, 11) is 3.95. The molecule has 0 aliphatic carbocycles. The molecule has 1 aromatic heterocycles. The third-order valence-corrected chi connectivity index (χ3v) is 5.84. The van der Waals surface area contributed by atoms with Crippen LogP contribution in [-0.2, 0) is 6.42 Å². The van der Waals surface area contributed by atoms with E-state index in [2.05, 4.69) is 20.4 Å². The van der Waals surface area contributed by atoms with Crippen LogP contribution in [0.5, 0.6) is 0 Å². The van der Waals surface area contributed by atoms with Gasteiger partial charge in [0, 0.05) is 44.9 Å². The summed E-state index contributed by atoms with van der Waals surface area (Å²) in [5.74, 6) is 0.275. The molecule has 168 valence electrons. The fraction of sp³-hybridized carbons (Fsp3) is 0.400. The van der Waals surface area contributed by atoms with Crippen LogP contribution in [0.15, 0.2) is 59.0 Å². The smallest absolute Gasteiger partial charge is 0.318 e. The van der Waals surface area contributed by atoms with Gasteiger partial charge in [0.05, 0.1) is 0 Å². The van der Waals surface area contributed by atoms with E-state index in [1.165, 1.54) is 12.8 Å². The zero-order chi connectivity index (χ0) is 22.3. The molecule has 0 spiro atoms. The quantitative estimate of drug-likeness (QED) is 0.601. The molecule has 1 aliphatic heterocycles. The van der Waals surface area contributed by atoms with Gasteiger partial charge in [-0.3, -0.25) is 4.79 Å². The van der Waals surface area contributed by atoms with E-state index in [4.69, 9.17) is 4.42 Å². The number of rotatable bonds is 7. The Bertz CT molecular complexity index is 993. The molecule has 3 aromatic rings. The third-order valence-electron chi connectivity index (χ3n) is 5.84. The van der Waals surface area contributed by atoms with Gasteiger partial charge in [0.1, 0.15) is 6.04 Å². The first-order chi connectivity index (χ1) is 15.6. The lowest BCUT2D eigenvalue weighted by molar-refractivity contribution is 0.0930. The van der Waals surface area contributed by atoms with Gasteiger partial charge in [-0.25, -0.2) is 0 Å². The zero-order valence-corrected chi connectivity index (χ0v) is 18.8. The zero-order valence-electron chi connectivity index (χ0n) is 18.8. The summed E-state index contributed by atoms with van der Waals surface area (Å²) < 4.78 is 6.08. The van der Waals surface area contributed by atoms with E-state index in [-0.39, 0.29) is 5.91 Å². The molecular formula is C25H31N5O2. The van der Waals surface area contributed by atoms with Gasteiger partial charge in [0.2, 0.25) is 5.89 Å². The number of aromatic nitrogens is 2. The highest BCUT2D eigenvalue weighted by Gasteiger charge is 2.24. The minimum absolute atomic E-state index is 0.161. The summed E-state index contributed by atoms with van der Waals surface area (Å²) >= 11 is 0. The number of hydrogen-bond acceptors (Lipinski definition) is 6. The second-order valence-corrected chi connectivity index (χ2v) is 8.48. The number of nitrogens with zero attached hydrogens (tertiary/aromatic N) is 4. The highest BCUT2D eigenvalue weighted by Crippen LogP contribution is 2.24. The molecule has 0 unspecified atom stereocenters. The van der Waals surface area contributed by atoms with E-state index >= 15 is 0 Å². The van der Waals surface area contributed by atoms with E-state index in [9.17, 15) is 4.79 Å². The number of anilines is 2. The molecule has 2 heterocycles. The normalized spacial score (nSPS) is 15.1. The van der Waals surface area contributed by atoms with Crippen molar-refractivity contribution in [1.82, 2.24) is 15.5 Å². The second kappa shape index (κ2) is 10.3. The lowest BCUT2D eigenvalue weighted by atomic mass is 10.1. The van der Waals surface area contributed by atoms with Crippen LogP contribution in [0.2, 0.25) is 0 Å². The standard InChI is InChI=1S/C25H31N5O2/c1-29(2)21-14-12-20(13-15-21)23(31)26-22(18-19-10-6-5-7-11-19)24-27-28-25(32-24)30-16-8-3-4-9-17-30/h5-7,10-15,22H,3-4,8-9,16-18H2,1-2H3,(H,26,31)/t22-/m1/s1. The third kappa shape index (κ3) is 5.46. The van der Waals surface area contributed by atoms with E-state index in [1.54, 1.807) is 0 Å². The Balaban J connectivity index is 1.54. The molecule has 32 heavy (non-hydrogen) atoms. The van der Waals surface area contributed by atoms with Crippen molar-refractivity contribution < 1.29 is 9.21 Å². The molecule has 0 bridgehead atoms. The van der Waals surface area contributed by atoms with Crippen LogP contribution in [0.25, 0.3) is 0 Å². The Kier molecular flexibility index (Phi) is 7.04. The van der Waals surface area contributed by atoms with Gasteiger partial charge in [-0.05, 0) is 42.7 Å². The van der Waals surface area contributed by atoms with Crippen molar-refractivity contribution in [3.63, 3.8) is 0 Å². The summed E-state index contributed by atoms with van der Waals surface area (Å²) in [4.78, 5) is 17.2. The van der Waals surface area contributed by atoms with Crippen LogP contribution in [0.4, 0.5) is 11.7 Å². The SMILES string of the molecule is CN(C)c1ccc(C(=O)N[C@H](Cc2ccccc2)c2nnc(N3CCCCCC3)o2)cc1. The van der Waals surface area contributed by atoms with Gasteiger partial charge >= 0.3 is 6.01 Å². The fourth-order valence-electron chi connectivity index (χ4n) is 3.96. The monoisotopic (exact) mass is 433 g/mol. The summed E-state index contributed by atoms with van der Waals surface area (Å²) in [6.07, 6.45) is 5.30. The molecule has 1 atom stereocenters. The molecule has 0 saturated carbocycles. The van der Waals surface area contributed by atoms with Crippen molar-refractivity contribution >= 4 is 17.6 Å². The van der Waals surface area contributed by atoms with Crippen LogP contribution >= 0.6 is 0 Å². The average molecular weight is 434 g/mol. The Morgan fingerprint density at radius 3 is 2.34 bits per heavy atom. The van der Waals surface area contributed by atoms with Gasteiger partial charge in [0.15, 0.2) is 0 Å². The lowest BCUT2D eigenvalue weighted by Crippen LogP contribution is -2.30. The Morgan fingerprint density at radius 1 is 1.00 bits per heavy atom. The van der Waals surface area contributed by atoms with Crippen molar-refractivity contribution in [3.05, 3.63) is 71.6 Å². The first-order valence-corrected chi connectivity index (χ1v) is 11.3. The van der Waals surface area contributed by atoms with Crippen molar-refractivity contribution in [3.8, 4) is 0 Å². The number of carbonyl (C=O) groups is 1. The highest BCUT2D eigenvalue weighted by molar-refractivity contribution is 5.94. The predicted molar refractivity (Wildman–Crippen MR) is 126 cm³/mol. The van der Waals surface area contributed by atoms with Crippen LogP contribution < -0.4 is 15.1 Å². The summed E-state index contributed by atoms with van der Waals surface area (Å²) in [6, 6.07) is 17.7. The van der Waals surface area contributed by atoms with Gasteiger partial charge < -0.3 is 19.5 Å². The second-order valence-electron chi connectivity index (χ2n) is 8.48. The average Bonchev–Trinajstić information content (AvgIpc) is 3.15. The maximum absolute atomic E-state index is 13.0. The largest absolute Gasteiger partial charge is 0.406 e. The molecule has 1 saturated heterocycles. The number of hydrogen-bond donors (Lipinski definition) is 1. The number of nitrogens with one attached hydrogen (secondary N) is 1. The minimum Gasteiger partial charge on any atom is -0.406 e.